The van der Waals surface area contributed by atoms with Gasteiger partial charge in [0.2, 0.25) is 0 Å². The summed E-state index contributed by atoms with van der Waals surface area (Å²) in [5.41, 5.74) is -0.115. The minimum absolute atomic E-state index is 0.115. The topological polar surface area (TPSA) is 78.8 Å². The number of hydrogen-bond donors (Lipinski definition) is 3. The molecule has 1 rings (SSSR count). The Morgan fingerprint density at radius 2 is 2.00 bits per heavy atom. The Morgan fingerprint density at radius 3 is 2.53 bits per heavy atom. The van der Waals surface area contributed by atoms with Crippen molar-refractivity contribution in [2.75, 3.05) is 13.2 Å². The van der Waals surface area contributed by atoms with Crippen LogP contribution in [0, 0.1) is 0 Å². The molecule has 0 aliphatic rings. The molecule has 0 radical (unpaired) electrons. The second-order valence-electron chi connectivity index (χ2n) is 3.71. The van der Waals surface area contributed by atoms with Gasteiger partial charge in [0, 0.05) is 12.6 Å². The minimum atomic E-state index is -0.521. The van der Waals surface area contributed by atoms with Crippen LogP contribution in [0.4, 0.5) is 0 Å². The minimum Gasteiger partial charge on any atom is -0.507 e. The summed E-state index contributed by atoms with van der Waals surface area (Å²) in [6.45, 7) is 4.60. The van der Waals surface area contributed by atoms with Gasteiger partial charge in [-0.15, -0.1) is 0 Å². The predicted octanol–water partition coefficient (Wildman–Crippen LogP) is 1.25. The highest BCUT2D eigenvalue weighted by Crippen LogP contribution is 2.25. The summed E-state index contributed by atoms with van der Waals surface area (Å²) >= 11 is 0. The van der Waals surface area contributed by atoms with Crippen LogP contribution in [0.2, 0.25) is 0 Å². The molecule has 1 aromatic rings. The maximum atomic E-state index is 11.8. The number of ether oxygens (including phenoxy) is 1. The third-order valence-electron chi connectivity index (χ3n) is 2.20. The monoisotopic (exact) mass is 239 g/mol. The average Bonchev–Trinajstić information content (AvgIpc) is 2.26. The van der Waals surface area contributed by atoms with E-state index in [9.17, 15) is 15.0 Å². The summed E-state index contributed by atoms with van der Waals surface area (Å²) in [7, 11) is 0. The van der Waals surface area contributed by atoms with E-state index in [2.05, 4.69) is 5.32 Å². The summed E-state index contributed by atoms with van der Waals surface area (Å²) < 4.78 is 5.15. The van der Waals surface area contributed by atoms with Gasteiger partial charge in [0.15, 0.2) is 0 Å². The second-order valence-corrected chi connectivity index (χ2v) is 3.71. The van der Waals surface area contributed by atoms with Crippen molar-refractivity contribution in [1.82, 2.24) is 5.32 Å². The van der Waals surface area contributed by atoms with Gasteiger partial charge in [0.25, 0.3) is 5.91 Å². The first kappa shape index (κ1) is 13.3. The van der Waals surface area contributed by atoms with Crippen LogP contribution in [-0.2, 0) is 4.74 Å². The zero-order valence-electron chi connectivity index (χ0n) is 9.93. The standard InChI is InChI=1S/C12H17NO4/c1-3-17-7-8(2)13-12(16)11-9(14)5-4-6-10(11)15/h4-6,8,14-15H,3,7H2,1-2H3,(H,13,16). The first-order valence-electron chi connectivity index (χ1n) is 5.45. The molecule has 0 aromatic heterocycles. The van der Waals surface area contributed by atoms with Gasteiger partial charge in [0.05, 0.1) is 6.61 Å². The molecule has 0 saturated carbocycles. The van der Waals surface area contributed by atoms with E-state index in [0.29, 0.717) is 13.2 Å². The van der Waals surface area contributed by atoms with Crippen molar-refractivity contribution in [3.63, 3.8) is 0 Å². The largest absolute Gasteiger partial charge is 0.507 e. The Labute approximate surface area is 100 Å². The number of amides is 1. The average molecular weight is 239 g/mol. The second kappa shape index (κ2) is 6.10. The van der Waals surface area contributed by atoms with Crippen LogP contribution in [0.1, 0.15) is 24.2 Å². The van der Waals surface area contributed by atoms with Gasteiger partial charge in [0.1, 0.15) is 17.1 Å². The van der Waals surface area contributed by atoms with Crippen LogP contribution in [0.15, 0.2) is 18.2 Å². The maximum absolute atomic E-state index is 11.8. The molecular weight excluding hydrogens is 222 g/mol. The Kier molecular flexibility index (Phi) is 4.78. The summed E-state index contributed by atoms with van der Waals surface area (Å²) in [5, 5.41) is 21.6. The number of phenols is 2. The normalized spacial score (nSPS) is 12.1. The van der Waals surface area contributed by atoms with E-state index in [4.69, 9.17) is 4.74 Å². The molecule has 1 unspecified atom stereocenters. The van der Waals surface area contributed by atoms with Gasteiger partial charge in [-0.3, -0.25) is 4.79 Å². The predicted molar refractivity (Wildman–Crippen MR) is 63.2 cm³/mol. The Bertz CT molecular complexity index is 372. The maximum Gasteiger partial charge on any atom is 0.259 e. The number of aromatic hydroxyl groups is 2. The van der Waals surface area contributed by atoms with Gasteiger partial charge in [-0.05, 0) is 26.0 Å². The molecule has 0 aliphatic carbocycles. The lowest BCUT2D eigenvalue weighted by Gasteiger charge is -2.14. The summed E-state index contributed by atoms with van der Waals surface area (Å²) in [6, 6.07) is 3.97. The van der Waals surface area contributed by atoms with E-state index >= 15 is 0 Å². The van der Waals surface area contributed by atoms with Gasteiger partial charge in [-0.2, -0.15) is 0 Å². The fraction of sp³-hybridized carbons (Fsp3) is 0.417. The summed E-state index contributed by atoms with van der Waals surface area (Å²) in [5.74, 6) is -1.01. The van der Waals surface area contributed by atoms with E-state index in [1.54, 1.807) is 6.92 Å². The smallest absolute Gasteiger partial charge is 0.259 e. The molecule has 5 nitrogen and oxygen atoms in total. The third kappa shape index (κ3) is 3.64. The zero-order chi connectivity index (χ0) is 12.8. The third-order valence-corrected chi connectivity index (χ3v) is 2.20. The lowest BCUT2D eigenvalue weighted by atomic mass is 10.1. The van der Waals surface area contributed by atoms with Crippen LogP contribution in [0.25, 0.3) is 0 Å². The van der Waals surface area contributed by atoms with Crippen LogP contribution >= 0.6 is 0 Å². The molecule has 0 heterocycles. The van der Waals surface area contributed by atoms with Crippen molar-refractivity contribution in [2.45, 2.75) is 19.9 Å². The van der Waals surface area contributed by atoms with E-state index in [0.717, 1.165) is 0 Å². The van der Waals surface area contributed by atoms with Crippen molar-refractivity contribution >= 4 is 5.91 Å². The van der Waals surface area contributed by atoms with Crippen LogP contribution < -0.4 is 5.32 Å². The highest BCUT2D eigenvalue weighted by Gasteiger charge is 2.17. The molecule has 3 N–H and O–H groups in total. The molecule has 94 valence electrons. The van der Waals surface area contributed by atoms with Gasteiger partial charge in [-0.1, -0.05) is 6.07 Å². The van der Waals surface area contributed by atoms with E-state index < -0.39 is 5.91 Å². The Hall–Kier alpha value is -1.75. The van der Waals surface area contributed by atoms with Gasteiger partial charge in [-0.25, -0.2) is 0 Å². The van der Waals surface area contributed by atoms with Crippen molar-refractivity contribution in [1.29, 1.82) is 0 Å². The molecule has 1 aromatic carbocycles. The molecule has 0 fully saturated rings. The van der Waals surface area contributed by atoms with Crippen molar-refractivity contribution in [3.05, 3.63) is 23.8 Å². The highest BCUT2D eigenvalue weighted by molar-refractivity contribution is 5.99. The number of carbonyl (C=O) groups is 1. The molecule has 0 aliphatic heterocycles. The van der Waals surface area contributed by atoms with Crippen LogP contribution in [0.3, 0.4) is 0 Å². The molecule has 1 atom stereocenters. The van der Waals surface area contributed by atoms with Gasteiger partial charge < -0.3 is 20.3 Å². The van der Waals surface area contributed by atoms with Crippen molar-refractivity contribution in [2.24, 2.45) is 0 Å². The molecule has 17 heavy (non-hydrogen) atoms. The molecule has 0 saturated heterocycles. The van der Waals surface area contributed by atoms with Crippen molar-refractivity contribution in [3.8, 4) is 11.5 Å². The molecule has 1 amide bonds. The molecule has 0 spiro atoms. The van der Waals surface area contributed by atoms with E-state index in [-0.39, 0.29) is 23.1 Å². The lowest BCUT2D eigenvalue weighted by molar-refractivity contribution is 0.0867. The Balaban J connectivity index is 2.70. The first-order valence-corrected chi connectivity index (χ1v) is 5.45. The summed E-state index contributed by atoms with van der Waals surface area (Å²) in [6.07, 6.45) is 0. The van der Waals surface area contributed by atoms with Crippen molar-refractivity contribution < 1.29 is 19.7 Å². The number of nitrogens with one attached hydrogen (secondary N) is 1. The van der Waals surface area contributed by atoms with E-state index in [1.807, 2.05) is 6.92 Å². The Morgan fingerprint density at radius 1 is 1.41 bits per heavy atom. The molecular formula is C12H17NO4. The quantitative estimate of drug-likeness (QED) is 0.722. The van der Waals surface area contributed by atoms with Gasteiger partial charge >= 0.3 is 0 Å². The lowest BCUT2D eigenvalue weighted by Crippen LogP contribution is -2.35. The van der Waals surface area contributed by atoms with Crippen LogP contribution in [-0.4, -0.2) is 35.4 Å². The number of rotatable bonds is 5. The molecule has 5 heteroatoms. The summed E-state index contributed by atoms with van der Waals surface area (Å²) in [4.78, 5) is 11.8. The number of phenolic OH excluding ortho intramolecular Hbond substituents is 2. The highest BCUT2D eigenvalue weighted by atomic mass is 16.5. The fourth-order valence-electron chi connectivity index (χ4n) is 1.39. The number of hydrogen-bond acceptors (Lipinski definition) is 4. The molecule has 0 bridgehead atoms. The number of benzene rings is 1. The fourth-order valence-corrected chi connectivity index (χ4v) is 1.39. The zero-order valence-corrected chi connectivity index (χ0v) is 9.93. The van der Waals surface area contributed by atoms with Crippen LogP contribution in [0.5, 0.6) is 11.5 Å². The first-order chi connectivity index (χ1) is 8.06. The van der Waals surface area contributed by atoms with E-state index in [1.165, 1.54) is 18.2 Å². The number of carbonyl (C=O) groups excluding carboxylic acids is 1. The SMILES string of the molecule is CCOCC(C)NC(=O)c1c(O)cccc1O.